The average molecular weight is 451 g/mol. The summed E-state index contributed by atoms with van der Waals surface area (Å²) in [6.45, 7) is 6.54. The van der Waals surface area contributed by atoms with Crippen molar-refractivity contribution in [3.8, 4) is 11.5 Å². The number of halogens is 1. The predicted molar refractivity (Wildman–Crippen MR) is 111 cm³/mol. The van der Waals surface area contributed by atoms with Gasteiger partial charge in [0.05, 0.1) is 15.9 Å². The number of hydrogen-bond acceptors (Lipinski definition) is 5. The number of nitrogens with one attached hydrogen (secondary N) is 1. The fourth-order valence-electron chi connectivity index (χ4n) is 2.76. The summed E-state index contributed by atoms with van der Waals surface area (Å²) in [6.07, 6.45) is 1.80. The highest BCUT2D eigenvalue weighted by atomic mass is 127. The fourth-order valence-corrected chi connectivity index (χ4v) is 3.38. The van der Waals surface area contributed by atoms with Crippen LogP contribution in [0.25, 0.3) is 0 Å². The molecule has 0 aromatic heterocycles. The van der Waals surface area contributed by atoms with Gasteiger partial charge in [-0.2, -0.15) is 0 Å². The molecule has 0 aliphatic carbocycles. The van der Waals surface area contributed by atoms with E-state index >= 15 is 0 Å². The van der Waals surface area contributed by atoms with Crippen molar-refractivity contribution in [2.75, 3.05) is 37.7 Å². The quantitative estimate of drug-likeness (QED) is 0.540. The number of phenols is 1. The van der Waals surface area contributed by atoms with E-state index in [0.717, 1.165) is 41.0 Å². The van der Waals surface area contributed by atoms with E-state index in [1.165, 1.54) is 5.69 Å². The molecule has 25 heavy (non-hydrogen) atoms. The molecule has 0 amide bonds. The van der Waals surface area contributed by atoms with E-state index in [1.807, 2.05) is 25.1 Å². The molecular formula is C19H22IN3O2. The summed E-state index contributed by atoms with van der Waals surface area (Å²) in [5.74, 6) is 0.671. The van der Waals surface area contributed by atoms with Crippen LogP contribution in [-0.2, 0) is 0 Å². The Morgan fingerprint density at radius 2 is 1.96 bits per heavy atom. The molecule has 0 bridgehead atoms. The van der Waals surface area contributed by atoms with Crippen LogP contribution in [0, 0.1) is 3.57 Å². The number of piperazine rings is 1. The zero-order valence-electron chi connectivity index (χ0n) is 14.2. The smallest absolute Gasteiger partial charge is 0.171 e. The van der Waals surface area contributed by atoms with Crippen LogP contribution >= 0.6 is 22.6 Å². The van der Waals surface area contributed by atoms with Gasteiger partial charge in [0.15, 0.2) is 11.5 Å². The van der Waals surface area contributed by atoms with Crippen molar-refractivity contribution < 1.29 is 9.84 Å². The summed E-state index contributed by atoms with van der Waals surface area (Å²) in [7, 11) is 0. The van der Waals surface area contributed by atoms with E-state index in [-0.39, 0.29) is 5.75 Å². The van der Waals surface area contributed by atoms with Crippen molar-refractivity contribution in [2.45, 2.75) is 6.92 Å². The summed E-state index contributed by atoms with van der Waals surface area (Å²) < 4.78 is 6.22. The first-order valence-electron chi connectivity index (χ1n) is 8.42. The van der Waals surface area contributed by atoms with E-state index < -0.39 is 0 Å². The summed E-state index contributed by atoms with van der Waals surface area (Å²) in [5, 5.41) is 13.4. The summed E-state index contributed by atoms with van der Waals surface area (Å²) in [6, 6.07) is 12.0. The minimum Gasteiger partial charge on any atom is -0.504 e. The number of ether oxygens (including phenoxy) is 1. The number of rotatable bonds is 5. The Balaban J connectivity index is 1.73. The van der Waals surface area contributed by atoms with Crippen LogP contribution in [0.2, 0.25) is 0 Å². The molecule has 2 aromatic rings. The zero-order chi connectivity index (χ0) is 17.6. The van der Waals surface area contributed by atoms with E-state index in [0.29, 0.717) is 12.4 Å². The molecule has 1 aliphatic heterocycles. The number of aliphatic imine (C=N–C) groups is 1. The lowest BCUT2D eigenvalue weighted by Crippen LogP contribution is -2.43. The fraction of sp³-hybridized carbons (Fsp3) is 0.316. The SMILES string of the molecule is CCOc1cc(C=Nc2ccc(N3CCNCC3)cc2)cc(I)c1O. The molecule has 132 valence electrons. The average Bonchev–Trinajstić information content (AvgIpc) is 2.65. The number of nitrogens with zero attached hydrogens (tertiary/aromatic N) is 2. The molecule has 1 saturated heterocycles. The highest BCUT2D eigenvalue weighted by molar-refractivity contribution is 14.1. The van der Waals surface area contributed by atoms with Gasteiger partial charge in [0.1, 0.15) is 0 Å². The molecule has 0 atom stereocenters. The lowest BCUT2D eigenvalue weighted by atomic mass is 10.2. The number of phenolic OH excluding ortho intramolecular Hbond substituents is 1. The Morgan fingerprint density at radius 1 is 1.24 bits per heavy atom. The van der Waals surface area contributed by atoms with Gasteiger partial charge in [-0.25, -0.2) is 0 Å². The van der Waals surface area contributed by atoms with Gasteiger partial charge in [0.25, 0.3) is 0 Å². The number of hydrogen-bond donors (Lipinski definition) is 2. The first-order valence-corrected chi connectivity index (χ1v) is 9.50. The van der Waals surface area contributed by atoms with Crippen molar-refractivity contribution >= 4 is 40.2 Å². The number of anilines is 1. The molecule has 2 N–H and O–H groups in total. The molecule has 0 radical (unpaired) electrons. The van der Waals surface area contributed by atoms with Gasteiger partial charge in [0, 0.05) is 38.1 Å². The van der Waals surface area contributed by atoms with E-state index in [4.69, 9.17) is 4.74 Å². The Morgan fingerprint density at radius 3 is 2.64 bits per heavy atom. The molecule has 6 heteroatoms. The van der Waals surface area contributed by atoms with E-state index in [9.17, 15) is 5.11 Å². The maximum absolute atomic E-state index is 10.0. The van der Waals surface area contributed by atoms with Crippen molar-refractivity contribution in [2.24, 2.45) is 4.99 Å². The van der Waals surface area contributed by atoms with Crippen molar-refractivity contribution in [3.63, 3.8) is 0 Å². The molecule has 0 spiro atoms. The summed E-state index contributed by atoms with van der Waals surface area (Å²) in [5.41, 5.74) is 3.04. The molecule has 1 heterocycles. The van der Waals surface area contributed by atoms with Crippen LogP contribution in [0.5, 0.6) is 11.5 Å². The van der Waals surface area contributed by atoms with Crippen molar-refractivity contribution in [1.29, 1.82) is 0 Å². The first kappa shape index (κ1) is 18.0. The van der Waals surface area contributed by atoms with Crippen LogP contribution in [0.1, 0.15) is 12.5 Å². The third-order valence-corrected chi connectivity index (χ3v) is 4.87. The Labute approximate surface area is 161 Å². The molecule has 1 aliphatic rings. The molecule has 0 unspecified atom stereocenters. The Hall–Kier alpha value is -1.80. The van der Waals surface area contributed by atoms with Gasteiger partial charge < -0.3 is 20.1 Å². The lowest BCUT2D eigenvalue weighted by Gasteiger charge is -2.29. The minimum absolute atomic E-state index is 0.181. The van der Waals surface area contributed by atoms with Crippen LogP contribution in [0.4, 0.5) is 11.4 Å². The topological polar surface area (TPSA) is 57.1 Å². The first-order chi connectivity index (χ1) is 12.2. The van der Waals surface area contributed by atoms with Crippen molar-refractivity contribution in [1.82, 2.24) is 5.32 Å². The lowest BCUT2D eigenvalue weighted by molar-refractivity contribution is 0.317. The standard InChI is InChI=1S/C19H22IN3O2/c1-2-25-18-12-14(11-17(20)19(18)24)13-22-15-3-5-16(6-4-15)23-9-7-21-8-10-23/h3-6,11-13,21,24H,2,7-10H2,1H3. The zero-order valence-corrected chi connectivity index (χ0v) is 16.4. The second-order valence-corrected chi connectivity index (χ2v) is 6.96. The van der Waals surface area contributed by atoms with Gasteiger partial charge in [-0.1, -0.05) is 0 Å². The van der Waals surface area contributed by atoms with Gasteiger partial charge >= 0.3 is 0 Å². The molecule has 5 nitrogen and oxygen atoms in total. The van der Waals surface area contributed by atoms with Crippen LogP contribution in [0.15, 0.2) is 41.4 Å². The minimum atomic E-state index is 0.181. The number of aromatic hydroxyl groups is 1. The number of benzene rings is 2. The molecular weight excluding hydrogens is 429 g/mol. The van der Waals surface area contributed by atoms with Crippen LogP contribution in [0.3, 0.4) is 0 Å². The highest BCUT2D eigenvalue weighted by Gasteiger charge is 2.10. The normalized spacial score (nSPS) is 14.9. The second-order valence-electron chi connectivity index (χ2n) is 5.79. The highest BCUT2D eigenvalue weighted by Crippen LogP contribution is 2.32. The van der Waals surface area contributed by atoms with Gasteiger partial charge in [-0.05, 0) is 71.5 Å². The second kappa shape index (κ2) is 8.53. The third kappa shape index (κ3) is 4.64. The van der Waals surface area contributed by atoms with Gasteiger partial charge in [-0.3, -0.25) is 4.99 Å². The van der Waals surface area contributed by atoms with Crippen molar-refractivity contribution in [3.05, 3.63) is 45.5 Å². The Bertz CT molecular complexity index is 741. The molecule has 2 aromatic carbocycles. The van der Waals surface area contributed by atoms with Crippen LogP contribution < -0.4 is 15.0 Å². The van der Waals surface area contributed by atoms with E-state index in [1.54, 1.807) is 12.3 Å². The third-order valence-electron chi connectivity index (χ3n) is 4.05. The molecule has 3 rings (SSSR count). The largest absolute Gasteiger partial charge is 0.504 e. The molecule has 0 saturated carbocycles. The van der Waals surface area contributed by atoms with E-state index in [2.05, 4.69) is 49.9 Å². The monoisotopic (exact) mass is 451 g/mol. The van der Waals surface area contributed by atoms with Gasteiger partial charge in [0.2, 0.25) is 0 Å². The van der Waals surface area contributed by atoms with Crippen LogP contribution in [-0.4, -0.2) is 44.1 Å². The Kier molecular flexibility index (Phi) is 6.14. The molecule has 1 fully saturated rings. The van der Waals surface area contributed by atoms with Gasteiger partial charge in [-0.15, -0.1) is 0 Å². The maximum atomic E-state index is 10.0. The summed E-state index contributed by atoms with van der Waals surface area (Å²) >= 11 is 2.10. The summed E-state index contributed by atoms with van der Waals surface area (Å²) in [4.78, 5) is 6.91. The maximum Gasteiger partial charge on any atom is 0.171 e. The predicted octanol–water partition coefficient (Wildman–Crippen LogP) is 3.56.